The van der Waals surface area contributed by atoms with Crippen LogP contribution in [-0.2, 0) is 0 Å². The highest BCUT2D eigenvalue weighted by atomic mass is 79.9. The molecule has 2 aromatic carbocycles. The summed E-state index contributed by atoms with van der Waals surface area (Å²) in [6, 6.07) is 14.4. The third-order valence-electron chi connectivity index (χ3n) is 3.89. The maximum Gasteiger partial charge on any atom is 0.249 e. The molecule has 5 nitrogen and oxygen atoms in total. The van der Waals surface area contributed by atoms with Crippen molar-refractivity contribution in [2.75, 3.05) is 16.8 Å². The van der Waals surface area contributed by atoms with Gasteiger partial charge >= 0.3 is 0 Å². The molecular weight excluding hydrogens is 378 g/mol. The molecule has 0 radical (unpaired) electrons. The van der Waals surface area contributed by atoms with E-state index in [0.717, 1.165) is 33.8 Å². The highest BCUT2D eigenvalue weighted by Crippen LogP contribution is 2.26. The molecule has 25 heavy (non-hydrogen) atoms. The van der Waals surface area contributed by atoms with Gasteiger partial charge in [0.05, 0.1) is 6.20 Å². The Morgan fingerprint density at radius 3 is 2.68 bits per heavy atom. The van der Waals surface area contributed by atoms with E-state index in [4.69, 9.17) is 0 Å². The van der Waals surface area contributed by atoms with E-state index in [1.807, 2.05) is 31.2 Å². The van der Waals surface area contributed by atoms with Crippen molar-refractivity contribution < 1.29 is 0 Å². The summed E-state index contributed by atoms with van der Waals surface area (Å²) in [6.07, 6.45) is 1.69. The molecule has 0 aliphatic rings. The minimum atomic E-state index is 0.481. The van der Waals surface area contributed by atoms with Crippen LogP contribution in [0.25, 0.3) is 0 Å². The van der Waals surface area contributed by atoms with Crippen LogP contribution in [0.3, 0.4) is 0 Å². The van der Waals surface area contributed by atoms with Gasteiger partial charge in [-0.15, -0.1) is 5.10 Å². The van der Waals surface area contributed by atoms with Gasteiger partial charge in [0.2, 0.25) is 5.95 Å². The van der Waals surface area contributed by atoms with Crippen LogP contribution < -0.4 is 10.2 Å². The second-order valence-corrected chi connectivity index (χ2v) is 6.72. The number of aromatic nitrogens is 3. The number of hydrogen-bond donors (Lipinski definition) is 1. The van der Waals surface area contributed by atoms with Gasteiger partial charge in [0, 0.05) is 22.4 Å². The molecular formula is C19H20BrN5. The molecule has 128 valence electrons. The predicted molar refractivity (Wildman–Crippen MR) is 106 cm³/mol. The fourth-order valence-electron chi connectivity index (χ4n) is 2.64. The SMILES string of the molecule is CCN(c1cccc(C)c1)c1cnnc(Nc2ccc(Br)cc2C)n1. The number of nitrogens with zero attached hydrogens (tertiary/aromatic N) is 4. The van der Waals surface area contributed by atoms with Crippen molar-refractivity contribution in [1.82, 2.24) is 15.2 Å². The Labute approximate surface area is 156 Å². The lowest BCUT2D eigenvalue weighted by atomic mass is 10.2. The normalized spacial score (nSPS) is 10.6. The molecule has 3 aromatic rings. The molecule has 0 unspecified atom stereocenters. The zero-order valence-corrected chi connectivity index (χ0v) is 16.1. The molecule has 0 amide bonds. The number of anilines is 4. The van der Waals surface area contributed by atoms with Gasteiger partial charge < -0.3 is 10.2 Å². The van der Waals surface area contributed by atoms with Crippen LogP contribution in [0.5, 0.6) is 0 Å². The Kier molecular flexibility index (Phi) is 5.28. The van der Waals surface area contributed by atoms with E-state index in [0.29, 0.717) is 5.95 Å². The molecule has 0 aliphatic heterocycles. The van der Waals surface area contributed by atoms with E-state index in [-0.39, 0.29) is 0 Å². The third-order valence-corrected chi connectivity index (χ3v) is 4.38. The molecule has 1 N–H and O–H groups in total. The van der Waals surface area contributed by atoms with Gasteiger partial charge in [-0.2, -0.15) is 10.1 Å². The minimum absolute atomic E-state index is 0.481. The van der Waals surface area contributed by atoms with Crippen molar-refractivity contribution in [3.8, 4) is 0 Å². The summed E-state index contributed by atoms with van der Waals surface area (Å²) in [5.41, 5.74) is 4.37. The first-order chi connectivity index (χ1) is 12.1. The number of benzene rings is 2. The van der Waals surface area contributed by atoms with Gasteiger partial charge in [-0.1, -0.05) is 28.1 Å². The largest absolute Gasteiger partial charge is 0.325 e. The molecule has 0 atom stereocenters. The average Bonchev–Trinajstić information content (AvgIpc) is 2.59. The van der Waals surface area contributed by atoms with Gasteiger partial charge in [-0.3, -0.25) is 0 Å². The van der Waals surface area contributed by atoms with E-state index in [9.17, 15) is 0 Å². The molecule has 0 bridgehead atoms. The predicted octanol–water partition coefficient (Wildman–Crippen LogP) is 5.15. The summed E-state index contributed by atoms with van der Waals surface area (Å²) in [6.45, 7) is 7.00. The summed E-state index contributed by atoms with van der Waals surface area (Å²) >= 11 is 3.48. The third kappa shape index (κ3) is 4.14. The van der Waals surface area contributed by atoms with Crippen molar-refractivity contribution in [1.29, 1.82) is 0 Å². The lowest BCUT2D eigenvalue weighted by Gasteiger charge is -2.22. The van der Waals surface area contributed by atoms with Crippen LogP contribution in [0.4, 0.5) is 23.1 Å². The Bertz CT molecular complexity index is 881. The van der Waals surface area contributed by atoms with E-state index < -0.39 is 0 Å². The summed E-state index contributed by atoms with van der Waals surface area (Å²) in [4.78, 5) is 6.75. The fourth-order valence-corrected chi connectivity index (χ4v) is 3.11. The second kappa shape index (κ2) is 7.61. The Morgan fingerprint density at radius 1 is 1.12 bits per heavy atom. The summed E-state index contributed by atoms with van der Waals surface area (Å²) in [5, 5.41) is 11.5. The highest BCUT2D eigenvalue weighted by molar-refractivity contribution is 9.10. The van der Waals surface area contributed by atoms with Crippen molar-refractivity contribution in [2.24, 2.45) is 0 Å². The molecule has 0 saturated carbocycles. The van der Waals surface area contributed by atoms with Crippen LogP contribution in [-0.4, -0.2) is 21.7 Å². The van der Waals surface area contributed by atoms with Crippen molar-refractivity contribution in [2.45, 2.75) is 20.8 Å². The molecule has 0 spiro atoms. The average molecular weight is 398 g/mol. The van der Waals surface area contributed by atoms with E-state index in [1.54, 1.807) is 6.20 Å². The fraction of sp³-hybridized carbons (Fsp3) is 0.211. The molecule has 0 fully saturated rings. The first-order valence-electron chi connectivity index (χ1n) is 8.14. The summed E-state index contributed by atoms with van der Waals surface area (Å²) in [7, 11) is 0. The van der Waals surface area contributed by atoms with Crippen molar-refractivity contribution in [3.63, 3.8) is 0 Å². The zero-order valence-electron chi connectivity index (χ0n) is 14.5. The number of aryl methyl sites for hydroxylation is 2. The molecule has 0 aliphatic carbocycles. The quantitative estimate of drug-likeness (QED) is 0.644. The number of nitrogens with one attached hydrogen (secondary N) is 1. The zero-order chi connectivity index (χ0) is 17.8. The molecule has 3 rings (SSSR count). The maximum absolute atomic E-state index is 4.64. The smallest absolute Gasteiger partial charge is 0.249 e. The Morgan fingerprint density at radius 2 is 1.96 bits per heavy atom. The van der Waals surface area contributed by atoms with E-state index >= 15 is 0 Å². The number of rotatable bonds is 5. The van der Waals surface area contributed by atoms with Crippen molar-refractivity contribution in [3.05, 3.63) is 64.3 Å². The van der Waals surface area contributed by atoms with Crippen LogP contribution >= 0.6 is 15.9 Å². The van der Waals surface area contributed by atoms with Gasteiger partial charge in [-0.25, -0.2) is 0 Å². The van der Waals surface area contributed by atoms with Crippen LogP contribution in [0.2, 0.25) is 0 Å². The van der Waals surface area contributed by atoms with Crippen molar-refractivity contribution >= 4 is 39.1 Å². The first kappa shape index (κ1) is 17.4. The summed E-state index contributed by atoms with van der Waals surface area (Å²) < 4.78 is 1.04. The maximum atomic E-state index is 4.64. The molecule has 1 heterocycles. The highest BCUT2D eigenvalue weighted by Gasteiger charge is 2.11. The molecule has 1 aromatic heterocycles. The minimum Gasteiger partial charge on any atom is -0.325 e. The second-order valence-electron chi connectivity index (χ2n) is 5.81. The van der Waals surface area contributed by atoms with Crippen LogP contribution in [0.15, 0.2) is 53.1 Å². The van der Waals surface area contributed by atoms with Crippen LogP contribution in [0.1, 0.15) is 18.1 Å². The monoisotopic (exact) mass is 397 g/mol. The van der Waals surface area contributed by atoms with Gasteiger partial charge in [0.25, 0.3) is 0 Å². The lowest BCUT2D eigenvalue weighted by molar-refractivity contribution is 0.921. The number of hydrogen-bond acceptors (Lipinski definition) is 5. The van der Waals surface area contributed by atoms with Crippen LogP contribution in [0, 0.1) is 13.8 Å². The standard InChI is InChI=1S/C19H20BrN5/c1-4-25(16-7-5-6-13(2)10-16)18-12-21-24-19(23-18)22-17-9-8-15(20)11-14(17)3/h5-12H,4H2,1-3H3,(H,22,23,24). The van der Waals surface area contributed by atoms with Gasteiger partial charge in [-0.05, 0) is 62.2 Å². The van der Waals surface area contributed by atoms with E-state index in [2.05, 4.69) is 73.4 Å². The van der Waals surface area contributed by atoms with E-state index in [1.165, 1.54) is 5.56 Å². The summed E-state index contributed by atoms with van der Waals surface area (Å²) in [5.74, 6) is 1.24. The van der Waals surface area contributed by atoms with Gasteiger partial charge in [0.15, 0.2) is 5.82 Å². The Hall–Kier alpha value is -2.47. The van der Waals surface area contributed by atoms with Gasteiger partial charge in [0.1, 0.15) is 0 Å². The lowest BCUT2D eigenvalue weighted by Crippen LogP contribution is -2.18. The Balaban J connectivity index is 1.90. The molecule has 6 heteroatoms. The molecule has 0 saturated heterocycles. The first-order valence-corrected chi connectivity index (χ1v) is 8.93. The topological polar surface area (TPSA) is 53.9 Å². The number of halogens is 1.